The fourth-order valence-electron chi connectivity index (χ4n) is 2.28. The largest absolute Gasteiger partial charge is 0.377 e. The number of hydrogen-bond donors (Lipinski definition) is 1. The summed E-state index contributed by atoms with van der Waals surface area (Å²) >= 11 is 3.56. The third-order valence-corrected chi connectivity index (χ3v) is 3.99. The Bertz CT molecular complexity index is 871. The number of halogens is 1. The fraction of sp³-hybridized carbons (Fsp3) is 0.125. The van der Waals surface area contributed by atoms with Crippen molar-refractivity contribution in [2.75, 3.05) is 19.0 Å². The van der Waals surface area contributed by atoms with E-state index >= 15 is 0 Å². The van der Waals surface area contributed by atoms with Gasteiger partial charge in [0.15, 0.2) is 0 Å². The van der Waals surface area contributed by atoms with E-state index < -0.39 is 0 Å². The average Bonchev–Trinajstić information content (AvgIpc) is 2.46. The highest BCUT2D eigenvalue weighted by atomic mass is 79.9. The zero-order chi connectivity index (χ0) is 15.0. The van der Waals surface area contributed by atoms with Crippen LogP contribution in [-0.2, 0) is 0 Å². The van der Waals surface area contributed by atoms with E-state index in [0.717, 1.165) is 21.4 Å². The summed E-state index contributed by atoms with van der Waals surface area (Å²) in [4.78, 5) is 21.3. The molecule has 0 aliphatic heterocycles. The average molecular weight is 344 g/mol. The number of nitrogens with one attached hydrogen (secondary N) is 1. The van der Waals surface area contributed by atoms with Crippen LogP contribution in [-0.4, -0.2) is 24.1 Å². The van der Waals surface area contributed by atoms with Crippen molar-refractivity contribution >= 4 is 32.5 Å². The minimum absolute atomic E-state index is 0.122. The SMILES string of the molecule is CN(C)c1ccc(-c2cc3ncccc3c(=O)[nH]2)cc1Br. The number of benzene rings is 1. The first-order valence-corrected chi connectivity index (χ1v) is 7.31. The third kappa shape index (κ3) is 2.56. The molecule has 1 N–H and O–H groups in total. The number of fused-ring (bicyclic) bond motifs is 1. The lowest BCUT2D eigenvalue weighted by atomic mass is 10.1. The molecule has 0 radical (unpaired) electrons. The number of H-pyrrole nitrogens is 1. The molecular formula is C16H14BrN3O. The number of pyridine rings is 2. The topological polar surface area (TPSA) is 49.0 Å². The Morgan fingerprint density at radius 3 is 2.71 bits per heavy atom. The lowest BCUT2D eigenvalue weighted by molar-refractivity contribution is 1.12. The van der Waals surface area contributed by atoms with Crippen LogP contribution in [0.5, 0.6) is 0 Å². The molecule has 0 saturated carbocycles. The minimum atomic E-state index is -0.122. The summed E-state index contributed by atoms with van der Waals surface area (Å²) in [6, 6.07) is 11.4. The summed E-state index contributed by atoms with van der Waals surface area (Å²) in [6.45, 7) is 0. The lowest BCUT2D eigenvalue weighted by Crippen LogP contribution is -2.10. The standard InChI is InChI=1S/C16H14BrN3O/c1-20(2)15-6-5-10(8-12(15)17)13-9-14-11(16(21)19-13)4-3-7-18-14/h3-9H,1-2H3,(H,19,21). The normalized spacial score (nSPS) is 10.8. The van der Waals surface area contributed by atoms with Crippen LogP contribution in [0.1, 0.15) is 0 Å². The Morgan fingerprint density at radius 2 is 2.00 bits per heavy atom. The predicted octanol–water partition coefficient (Wildman–Crippen LogP) is 3.42. The van der Waals surface area contributed by atoms with Gasteiger partial charge in [-0.05, 0) is 51.8 Å². The molecule has 0 fully saturated rings. The van der Waals surface area contributed by atoms with Crippen LogP contribution < -0.4 is 10.5 Å². The summed E-state index contributed by atoms with van der Waals surface area (Å²) in [6.07, 6.45) is 1.69. The predicted molar refractivity (Wildman–Crippen MR) is 89.8 cm³/mol. The monoisotopic (exact) mass is 343 g/mol. The van der Waals surface area contributed by atoms with E-state index in [2.05, 4.69) is 25.9 Å². The van der Waals surface area contributed by atoms with Crippen LogP contribution in [0, 0.1) is 0 Å². The Morgan fingerprint density at radius 1 is 1.19 bits per heavy atom. The first-order chi connectivity index (χ1) is 10.1. The van der Waals surface area contributed by atoms with Crippen LogP contribution in [0.15, 0.2) is 51.9 Å². The molecule has 5 heteroatoms. The number of rotatable bonds is 2. The van der Waals surface area contributed by atoms with Crippen molar-refractivity contribution in [2.24, 2.45) is 0 Å². The molecule has 0 spiro atoms. The number of anilines is 1. The molecule has 0 aliphatic carbocycles. The number of aromatic amines is 1. The minimum Gasteiger partial charge on any atom is -0.377 e. The zero-order valence-electron chi connectivity index (χ0n) is 11.7. The number of hydrogen-bond acceptors (Lipinski definition) is 3. The second-order valence-electron chi connectivity index (χ2n) is 5.01. The van der Waals surface area contributed by atoms with Crippen LogP contribution >= 0.6 is 15.9 Å². The van der Waals surface area contributed by atoms with E-state index in [4.69, 9.17) is 0 Å². The molecule has 106 valence electrons. The van der Waals surface area contributed by atoms with E-state index in [-0.39, 0.29) is 5.56 Å². The zero-order valence-corrected chi connectivity index (χ0v) is 13.3. The van der Waals surface area contributed by atoms with Crippen LogP contribution in [0.4, 0.5) is 5.69 Å². The first kappa shape index (κ1) is 13.8. The highest BCUT2D eigenvalue weighted by molar-refractivity contribution is 9.10. The molecular weight excluding hydrogens is 330 g/mol. The second-order valence-corrected chi connectivity index (χ2v) is 5.86. The van der Waals surface area contributed by atoms with Crippen molar-refractivity contribution in [1.29, 1.82) is 0 Å². The van der Waals surface area contributed by atoms with Crippen molar-refractivity contribution in [3.8, 4) is 11.3 Å². The van der Waals surface area contributed by atoms with Gasteiger partial charge in [0.1, 0.15) is 0 Å². The summed E-state index contributed by atoms with van der Waals surface area (Å²) in [7, 11) is 3.98. The molecule has 3 aromatic rings. The molecule has 0 unspecified atom stereocenters. The van der Waals surface area contributed by atoms with Crippen LogP contribution in [0.2, 0.25) is 0 Å². The van der Waals surface area contributed by atoms with Gasteiger partial charge in [-0.25, -0.2) is 0 Å². The van der Waals surface area contributed by atoms with Gasteiger partial charge in [-0.15, -0.1) is 0 Å². The van der Waals surface area contributed by atoms with Gasteiger partial charge < -0.3 is 9.88 Å². The highest BCUT2D eigenvalue weighted by Gasteiger charge is 2.08. The van der Waals surface area contributed by atoms with Crippen molar-refractivity contribution in [3.63, 3.8) is 0 Å². The van der Waals surface area contributed by atoms with Gasteiger partial charge in [-0.2, -0.15) is 0 Å². The molecule has 0 amide bonds. The molecule has 2 aromatic heterocycles. The van der Waals surface area contributed by atoms with Gasteiger partial charge in [-0.3, -0.25) is 9.78 Å². The quantitative estimate of drug-likeness (QED) is 0.775. The Hall–Kier alpha value is -2.14. The van der Waals surface area contributed by atoms with Crippen molar-refractivity contribution in [3.05, 3.63) is 57.4 Å². The van der Waals surface area contributed by atoms with E-state index in [1.807, 2.05) is 43.3 Å². The van der Waals surface area contributed by atoms with Gasteiger partial charge in [-0.1, -0.05) is 6.07 Å². The van der Waals surface area contributed by atoms with Gasteiger partial charge in [0, 0.05) is 24.8 Å². The first-order valence-electron chi connectivity index (χ1n) is 6.51. The Labute approximate surface area is 130 Å². The van der Waals surface area contributed by atoms with E-state index in [1.54, 1.807) is 18.3 Å². The van der Waals surface area contributed by atoms with E-state index in [0.29, 0.717) is 10.9 Å². The van der Waals surface area contributed by atoms with Gasteiger partial charge in [0.05, 0.1) is 22.3 Å². The Balaban J connectivity index is 2.17. The van der Waals surface area contributed by atoms with Crippen LogP contribution in [0.25, 0.3) is 22.2 Å². The molecule has 0 bridgehead atoms. The number of aromatic nitrogens is 2. The summed E-state index contributed by atoms with van der Waals surface area (Å²) in [5, 5.41) is 0.602. The summed E-state index contributed by atoms with van der Waals surface area (Å²) in [5.74, 6) is 0. The maximum atomic E-state index is 12.1. The molecule has 21 heavy (non-hydrogen) atoms. The molecule has 2 heterocycles. The second kappa shape index (κ2) is 5.33. The number of nitrogens with zero attached hydrogens (tertiary/aromatic N) is 2. The lowest BCUT2D eigenvalue weighted by Gasteiger charge is -2.15. The maximum Gasteiger partial charge on any atom is 0.257 e. The molecule has 0 saturated heterocycles. The fourth-order valence-corrected chi connectivity index (χ4v) is 3.01. The third-order valence-electron chi connectivity index (χ3n) is 3.35. The maximum absolute atomic E-state index is 12.1. The molecule has 1 aromatic carbocycles. The van der Waals surface area contributed by atoms with Gasteiger partial charge in [0.25, 0.3) is 5.56 Å². The molecule has 4 nitrogen and oxygen atoms in total. The van der Waals surface area contributed by atoms with Crippen LogP contribution in [0.3, 0.4) is 0 Å². The van der Waals surface area contributed by atoms with E-state index in [1.165, 1.54) is 0 Å². The van der Waals surface area contributed by atoms with Gasteiger partial charge in [0.2, 0.25) is 0 Å². The van der Waals surface area contributed by atoms with Crippen molar-refractivity contribution in [2.45, 2.75) is 0 Å². The Kier molecular flexibility index (Phi) is 3.51. The van der Waals surface area contributed by atoms with Gasteiger partial charge >= 0.3 is 0 Å². The van der Waals surface area contributed by atoms with E-state index in [9.17, 15) is 4.79 Å². The highest BCUT2D eigenvalue weighted by Crippen LogP contribution is 2.30. The summed E-state index contributed by atoms with van der Waals surface area (Å²) < 4.78 is 0.979. The van der Waals surface area contributed by atoms with Crippen molar-refractivity contribution < 1.29 is 0 Å². The molecule has 0 aliphatic rings. The summed E-state index contributed by atoms with van der Waals surface area (Å²) in [5.41, 5.74) is 3.36. The smallest absolute Gasteiger partial charge is 0.257 e. The molecule has 3 rings (SSSR count). The molecule has 0 atom stereocenters. The van der Waals surface area contributed by atoms with Crippen molar-refractivity contribution in [1.82, 2.24) is 9.97 Å².